The van der Waals surface area contributed by atoms with Crippen LogP contribution in [0.1, 0.15) is 30.1 Å². The largest absolute Gasteiger partial charge is 0.399 e. The summed E-state index contributed by atoms with van der Waals surface area (Å²) in [5, 5.41) is 11.7. The first-order valence-corrected chi connectivity index (χ1v) is 5.92. The van der Waals surface area contributed by atoms with Crippen LogP contribution < -0.4 is 11.1 Å². The molecular formula is C13H20N2O2. The third-order valence-corrected chi connectivity index (χ3v) is 2.84. The number of nitrogens with two attached hydrogens (primary N) is 1. The van der Waals surface area contributed by atoms with Gasteiger partial charge in [0.2, 0.25) is 0 Å². The average molecular weight is 236 g/mol. The third kappa shape index (κ3) is 4.44. The minimum atomic E-state index is -0.0959. The summed E-state index contributed by atoms with van der Waals surface area (Å²) in [6, 6.07) is 6.83. The van der Waals surface area contributed by atoms with E-state index < -0.39 is 0 Å². The van der Waals surface area contributed by atoms with E-state index in [-0.39, 0.29) is 12.5 Å². The van der Waals surface area contributed by atoms with Gasteiger partial charge in [-0.05, 0) is 36.6 Å². The fraction of sp³-hybridized carbons (Fsp3) is 0.462. The molecular weight excluding hydrogens is 216 g/mol. The van der Waals surface area contributed by atoms with Crippen LogP contribution in [-0.2, 0) is 0 Å². The van der Waals surface area contributed by atoms with Crippen LogP contribution >= 0.6 is 0 Å². The van der Waals surface area contributed by atoms with Gasteiger partial charge in [-0.2, -0.15) is 0 Å². The molecule has 0 aliphatic rings. The Morgan fingerprint density at radius 2 is 2.06 bits per heavy atom. The summed E-state index contributed by atoms with van der Waals surface area (Å²) < 4.78 is 0. The number of carbonyl (C=O) groups is 1. The van der Waals surface area contributed by atoms with Gasteiger partial charge in [0.1, 0.15) is 0 Å². The lowest BCUT2D eigenvalue weighted by Gasteiger charge is -2.14. The molecule has 4 heteroatoms. The average Bonchev–Trinajstić information content (AvgIpc) is 2.35. The minimum Gasteiger partial charge on any atom is -0.399 e. The van der Waals surface area contributed by atoms with Gasteiger partial charge in [-0.1, -0.05) is 13.3 Å². The SMILES string of the molecule is CCC(CCO)CNC(=O)c1ccc(N)cc1. The maximum Gasteiger partial charge on any atom is 0.251 e. The number of hydrogen-bond donors (Lipinski definition) is 3. The first kappa shape index (κ1) is 13.5. The summed E-state index contributed by atoms with van der Waals surface area (Å²) in [5.41, 5.74) is 6.81. The standard InChI is InChI=1S/C13H20N2O2/c1-2-10(7-8-16)9-15-13(17)11-3-5-12(14)6-4-11/h3-6,10,16H,2,7-9,14H2,1H3,(H,15,17). The smallest absolute Gasteiger partial charge is 0.251 e. The van der Waals surface area contributed by atoms with E-state index in [4.69, 9.17) is 10.8 Å². The van der Waals surface area contributed by atoms with E-state index in [9.17, 15) is 4.79 Å². The summed E-state index contributed by atoms with van der Waals surface area (Å²) >= 11 is 0. The number of benzene rings is 1. The topological polar surface area (TPSA) is 75.3 Å². The number of nitrogens with one attached hydrogen (secondary N) is 1. The molecule has 4 nitrogen and oxygen atoms in total. The van der Waals surface area contributed by atoms with Gasteiger partial charge < -0.3 is 16.2 Å². The fourth-order valence-electron chi connectivity index (χ4n) is 1.61. The Balaban J connectivity index is 2.46. The predicted molar refractivity (Wildman–Crippen MR) is 68.7 cm³/mol. The van der Waals surface area contributed by atoms with E-state index in [2.05, 4.69) is 12.2 Å². The van der Waals surface area contributed by atoms with Crippen molar-refractivity contribution in [2.45, 2.75) is 19.8 Å². The summed E-state index contributed by atoms with van der Waals surface area (Å²) in [4.78, 5) is 11.8. The van der Waals surface area contributed by atoms with Crippen LogP contribution in [0.15, 0.2) is 24.3 Å². The van der Waals surface area contributed by atoms with Gasteiger partial charge in [-0.25, -0.2) is 0 Å². The number of hydrogen-bond acceptors (Lipinski definition) is 3. The Morgan fingerprint density at radius 3 is 2.59 bits per heavy atom. The van der Waals surface area contributed by atoms with E-state index in [0.717, 1.165) is 12.8 Å². The molecule has 0 aliphatic heterocycles. The van der Waals surface area contributed by atoms with Crippen LogP contribution in [0.3, 0.4) is 0 Å². The number of aliphatic hydroxyl groups is 1. The lowest BCUT2D eigenvalue weighted by molar-refractivity contribution is 0.0943. The van der Waals surface area contributed by atoms with Gasteiger partial charge in [0.05, 0.1) is 0 Å². The molecule has 1 atom stereocenters. The van der Waals surface area contributed by atoms with Gasteiger partial charge in [0.15, 0.2) is 0 Å². The normalized spacial score (nSPS) is 12.1. The van der Waals surface area contributed by atoms with Gasteiger partial charge in [0.25, 0.3) is 5.91 Å². The molecule has 0 aliphatic carbocycles. The lowest BCUT2D eigenvalue weighted by Crippen LogP contribution is -2.29. The number of carbonyl (C=O) groups excluding carboxylic acids is 1. The van der Waals surface area contributed by atoms with Crippen molar-refractivity contribution in [3.8, 4) is 0 Å². The quantitative estimate of drug-likeness (QED) is 0.654. The van der Waals surface area contributed by atoms with Gasteiger partial charge in [0, 0.05) is 24.4 Å². The molecule has 94 valence electrons. The highest BCUT2D eigenvalue weighted by Crippen LogP contribution is 2.08. The zero-order valence-electron chi connectivity index (χ0n) is 10.1. The molecule has 0 heterocycles. The Labute approximate surface area is 102 Å². The molecule has 0 aromatic heterocycles. The molecule has 1 unspecified atom stereocenters. The molecule has 1 aromatic rings. The second kappa shape index (κ2) is 6.91. The fourth-order valence-corrected chi connectivity index (χ4v) is 1.61. The lowest BCUT2D eigenvalue weighted by atomic mass is 10.0. The Morgan fingerprint density at radius 1 is 1.41 bits per heavy atom. The van der Waals surface area contributed by atoms with E-state index >= 15 is 0 Å². The van der Waals surface area contributed by atoms with Crippen LogP contribution in [0.2, 0.25) is 0 Å². The molecule has 1 aromatic carbocycles. The summed E-state index contributed by atoms with van der Waals surface area (Å²) in [6.07, 6.45) is 1.67. The van der Waals surface area contributed by atoms with Gasteiger partial charge in [-0.15, -0.1) is 0 Å². The number of anilines is 1. The Kier molecular flexibility index (Phi) is 5.49. The monoisotopic (exact) mass is 236 g/mol. The van der Waals surface area contributed by atoms with E-state index in [1.54, 1.807) is 24.3 Å². The van der Waals surface area contributed by atoms with Crippen LogP contribution in [-0.4, -0.2) is 24.2 Å². The minimum absolute atomic E-state index is 0.0959. The highest BCUT2D eigenvalue weighted by atomic mass is 16.3. The maximum atomic E-state index is 11.8. The summed E-state index contributed by atoms with van der Waals surface area (Å²) in [5.74, 6) is 0.235. The van der Waals surface area contributed by atoms with Crippen LogP contribution in [0, 0.1) is 5.92 Å². The van der Waals surface area contributed by atoms with E-state index in [1.165, 1.54) is 0 Å². The zero-order chi connectivity index (χ0) is 12.7. The van der Waals surface area contributed by atoms with Crippen molar-refractivity contribution in [1.82, 2.24) is 5.32 Å². The number of aliphatic hydroxyl groups excluding tert-OH is 1. The second-order valence-corrected chi connectivity index (χ2v) is 4.12. The first-order valence-electron chi connectivity index (χ1n) is 5.92. The van der Waals surface area contributed by atoms with E-state index in [1.807, 2.05) is 0 Å². The molecule has 0 bridgehead atoms. The zero-order valence-corrected chi connectivity index (χ0v) is 10.1. The van der Waals surface area contributed by atoms with Gasteiger partial charge >= 0.3 is 0 Å². The van der Waals surface area contributed by atoms with Crippen LogP contribution in [0.4, 0.5) is 5.69 Å². The molecule has 1 rings (SSSR count). The van der Waals surface area contributed by atoms with Crippen molar-refractivity contribution < 1.29 is 9.90 Å². The third-order valence-electron chi connectivity index (χ3n) is 2.84. The molecule has 4 N–H and O–H groups in total. The van der Waals surface area contributed by atoms with Crippen molar-refractivity contribution in [1.29, 1.82) is 0 Å². The molecule has 0 saturated heterocycles. The molecule has 0 spiro atoms. The summed E-state index contributed by atoms with van der Waals surface area (Å²) in [7, 11) is 0. The van der Waals surface area contributed by atoms with E-state index in [0.29, 0.717) is 23.7 Å². The van der Waals surface area contributed by atoms with Crippen molar-refractivity contribution in [3.05, 3.63) is 29.8 Å². The number of amides is 1. The Bertz CT molecular complexity index is 349. The van der Waals surface area contributed by atoms with Crippen LogP contribution in [0.5, 0.6) is 0 Å². The van der Waals surface area contributed by atoms with Crippen molar-refractivity contribution in [3.63, 3.8) is 0 Å². The van der Waals surface area contributed by atoms with Crippen molar-refractivity contribution in [2.75, 3.05) is 18.9 Å². The molecule has 0 radical (unpaired) electrons. The summed E-state index contributed by atoms with van der Waals surface area (Å²) in [6.45, 7) is 2.81. The molecule has 17 heavy (non-hydrogen) atoms. The second-order valence-electron chi connectivity index (χ2n) is 4.12. The number of rotatable bonds is 6. The maximum absolute atomic E-state index is 11.8. The molecule has 0 fully saturated rings. The number of nitrogen functional groups attached to an aromatic ring is 1. The first-order chi connectivity index (χ1) is 8.17. The van der Waals surface area contributed by atoms with Crippen LogP contribution in [0.25, 0.3) is 0 Å². The van der Waals surface area contributed by atoms with Crippen molar-refractivity contribution >= 4 is 11.6 Å². The molecule has 1 amide bonds. The van der Waals surface area contributed by atoms with Gasteiger partial charge in [-0.3, -0.25) is 4.79 Å². The highest BCUT2D eigenvalue weighted by molar-refractivity contribution is 5.94. The Hall–Kier alpha value is -1.55. The van der Waals surface area contributed by atoms with Crippen molar-refractivity contribution in [2.24, 2.45) is 5.92 Å². The molecule has 0 saturated carbocycles. The highest BCUT2D eigenvalue weighted by Gasteiger charge is 2.09. The predicted octanol–water partition coefficient (Wildman–Crippen LogP) is 1.41.